The molecule has 8 nitrogen and oxygen atoms in total. The lowest BCUT2D eigenvalue weighted by molar-refractivity contribution is -0.135. The van der Waals surface area contributed by atoms with E-state index in [2.05, 4.69) is 10.1 Å². The number of ether oxygens (including phenoxy) is 1. The Bertz CT molecular complexity index is 860. The SMILES string of the molecule is O=C(CCc1nc(CS(=O)(=O)c2ccc(Cl)cc2)no1)N1CCOCC1. The van der Waals surface area contributed by atoms with Crippen LogP contribution in [0.3, 0.4) is 0 Å². The Hall–Kier alpha value is -1.97. The Labute approximate surface area is 156 Å². The molecule has 0 radical (unpaired) electrons. The van der Waals surface area contributed by atoms with E-state index in [-0.39, 0.29) is 41.1 Å². The summed E-state index contributed by atoms with van der Waals surface area (Å²) >= 11 is 5.77. The number of carbonyl (C=O) groups is 1. The van der Waals surface area contributed by atoms with Gasteiger partial charge in [0.05, 0.1) is 18.1 Å². The van der Waals surface area contributed by atoms with Crippen LogP contribution in [0.15, 0.2) is 33.7 Å². The van der Waals surface area contributed by atoms with E-state index in [1.54, 1.807) is 4.90 Å². The van der Waals surface area contributed by atoms with Gasteiger partial charge in [0.25, 0.3) is 0 Å². The van der Waals surface area contributed by atoms with Crippen LogP contribution in [0.5, 0.6) is 0 Å². The zero-order chi connectivity index (χ0) is 18.6. The lowest BCUT2D eigenvalue weighted by Crippen LogP contribution is -2.40. The zero-order valence-corrected chi connectivity index (χ0v) is 15.5. The number of aryl methyl sites for hydroxylation is 1. The van der Waals surface area contributed by atoms with Crippen LogP contribution >= 0.6 is 11.6 Å². The zero-order valence-electron chi connectivity index (χ0n) is 13.9. The molecule has 0 saturated carbocycles. The number of sulfone groups is 1. The molecule has 1 amide bonds. The Morgan fingerprint density at radius 2 is 1.88 bits per heavy atom. The minimum absolute atomic E-state index is 0.0122. The number of benzene rings is 1. The molecule has 10 heteroatoms. The fourth-order valence-electron chi connectivity index (χ4n) is 2.53. The van der Waals surface area contributed by atoms with Gasteiger partial charge in [0.15, 0.2) is 15.7 Å². The summed E-state index contributed by atoms with van der Waals surface area (Å²) in [6.07, 6.45) is 0.496. The van der Waals surface area contributed by atoms with Crippen LogP contribution < -0.4 is 0 Å². The van der Waals surface area contributed by atoms with Crippen LogP contribution in [-0.4, -0.2) is 55.7 Å². The first kappa shape index (κ1) is 18.8. The van der Waals surface area contributed by atoms with Gasteiger partial charge in [0, 0.05) is 31.0 Å². The van der Waals surface area contributed by atoms with E-state index >= 15 is 0 Å². The Morgan fingerprint density at radius 3 is 2.58 bits per heavy atom. The third-order valence-electron chi connectivity index (χ3n) is 3.92. The quantitative estimate of drug-likeness (QED) is 0.724. The molecule has 1 aliphatic heterocycles. The predicted octanol–water partition coefficient (Wildman–Crippen LogP) is 1.49. The predicted molar refractivity (Wildman–Crippen MR) is 92.4 cm³/mol. The van der Waals surface area contributed by atoms with E-state index in [4.69, 9.17) is 20.9 Å². The summed E-state index contributed by atoms with van der Waals surface area (Å²) in [7, 11) is -3.60. The summed E-state index contributed by atoms with van der Waals surface area (Å²) in [6.45, 7) is 2.23. The molecule has 0 aliphatic carbocycles. The summed E-state index contributed by atoms with van der Waals surface area (Å²) in [6, 6.07) is 5.88. The molecule has 2 heterocycles. The maximum Gasteiger partial charge on any atom is 0.227 e. The smallest absolute Gasteiger partial charge is 0.227 e. The van der Waals surface area contributed by atoms with Crippen molar-refractivity contribution in [3.05, 3.63) is 41.0 Å². The highest BCUT2D eigenvalue weighted by Gasteiger charge is 2.21. The van der Waals surface area contributed by atoms with Gasteiger partial charge < -0.3 is 14.2 Å². The second-order valence-electron chi connectivity index (χ2n) is 5.81. The highest BCUT2D eigenvalue weighted by molar-refractivity contribution is 7.90. The molecule has 0 unspecified atom stereocenters. The summed E-state index contributed by atoms with van der Waals surface area (Å²) in [5.74, 6) is -0.0845. The summed E-state index contributed by atoms with van der Waals surface area (Å²) in [5.41, 5.74) is 0. The molecular formula is C16H18ClN3O5S. The average molecular weight is 400 g/mol. The molecule has 140 valence electrons. The van der Waals surface area contributed by atoms with Crippen LogP contribution in [0.4, 0.5) is 0 Å². The Kier molecular flexibility index (Phi) is 5.90. The number of hydrogen-bond acceptors (Lipinski definition) is 7. The van der Waals surface area contributed by atoms with Crippen molar-refractivity contribution in [2.75, 3.05) is 26.3 Å². The van der Waals surface area contributed by atoms with Crippen molar-refractivity contribution in [1.82, 2.24) is 15.0 Å². The minimum atomic E-state index is -3.60. The van der Waals surface area contributed by atoms with E-state index in [0.717, 1.165) is 0 Å². The first-order valence-corrected chi connectivity index (χ1v) is 10.1. The number of hydrogen-bond donors (Lipinski definition) is 0. The molecular weight excluding hydrogens is 382 g/mol. The summed E-state index contributed by atoms with van der Waals surface area (Å²) in [5, 5.41) is 4.15. The number of aromatic nitrogens is 2. The van der Waals surface area contributed by atoms with Crippen LogP contribution in [0.1, 0.15) is 18.1 Å². The van der Waals surface area contributed by atoms with Gasteiger partial charge in [-0.25, -0.2) is 8.42 Å². The van der Waals surface area contributed by atoms with E-state index in [9.17, 15) is 13.2 Å². The topological polar surface area (TPSA) is 103 Å². The van der Waals surface area contributed by atoms with Gasteiger partial charge in [0.2, 0.25) is 11.8 Å². The van der Waals surface area contributed by atoms with Gasteiger partial charge >= 0.3 is 0 Å². The van der Waals surface area contributed by atoms with Gasteiger partial charge in [-0.05, 0) is 24.3 Å². The standard InChI is InChI=1S/C16H18ClN3O5S/c17-12-1-3-13(4-2-12)26(22,23)11-14-18-15(25-19-14)5-6-16(21)20-7-9-24-10-8-20/h1-4H,5-11H2. The van der Waals surface area contributed by atoms with Crippen molar-refractivity contribution in [2.24, 2.45) is 0 Å². The van der Waals surface area contributed by atoms with Crippen LogP contribution in [-0.2, 0) is 31.5 Å². The second-order valence-corrected chi connectivity index (χ2v) is 8.24. The number of rotatable bonds is 6. The van der Waals surface area contributed by atoms with Gasteiger partial charge in [-0.1, -0.05) is 16.8 Å². The maximum absolute atomic E-state index is 12.4. The molecule has 1 aliphatic rings. The van der Waals surface area contributed by atoms with Crippen molar-refractivity contribution >= 4 is 27.3 Å². The molecule has 1 aromatic heterocycles. The van der Waals surface area contributed by atoms with Gasteiger partial charge in [-0.3, -0.25) is 4.79 Å². The van der Waals surface area contributed by atoms with Crippen molar-refractivity contribution in [3.63, 3.8) is 0 Å². The molecule has 2 aromatic rings. The number of halogens is 1. The van der Waals surface area contributed by atoms with Gasteiger partial charge in [-0.15, -0.1) is 0 Å². The van der Waals surface area contributed by atoms with Gasteiger partial charge in [-0.2, -0.15) is 4.98 Å². The van der Waals surface area contributed by atoms with Crippen LogP contribution in [0.25, 0.3) is 0 Å². The molecule has 1 aromatic carbocycles. The second kappa shape index (κ2) is 8.15. The number of carbonyl (C=O) groups excluding carboxylic acids is 1. The molecule has 1 fully saturated rings. The van der Waals surface area contributed by atoms with Crippen LogP contribution in [0.2, 0.25) is 5.02 Å². The van der Waals surface area contributed by atoms with E-state index in [1.807, 2.05) is 0 Å². The molecule has 0 N–H and O–H groups in total. The highest BCUT2D eigenvalue weighted by Crippen LogP contribution is 2.18. The molecule has 1 saturated heterocycles. The monoisotopic (exact) mass is 399 g/mol. The largest absolute Gasteiger partial charge is 0.378 e. The lowest BCUT2D eigenvalue weighted by atomic mass is 10.2. The van der Waals surface area contributed by atoms with E-state index < -0.39 is 9.84 Å². The van der Waals surface area contributed by atoms with E-state index in [1.165, 1.54) is 24.3 Å². The van der Waals surface area contributed by atoms with Crippen molar-refractivity contribution in [2.45, 2.75) is 23.5 Å². The van der Waals surface area contributed by atoms with Gasteiger partial charge in [0.1, 0.15) is 5.75 Å². The molecule has 26 heavy (non-hydrogen) atoms. The number of amides is 1. The fraction of sp³-hybridized carbons (Fsp3) is 0.438. The average Bonchev–Trinajstić information content (AvgIpc) is 3.07. The first-order valence-electron chi connectivity index (χ1n) is 8.09. The molecule has 0 spiro atoms. The summed E-state index contributed by atoms with van der Waals surface area (Å²) in [4.78, 5) is 18.0. The first-order chi connectivity index (χ1) is 12.4. The van der Waals surface area contributed by atoms with Crippen molar-refractivity contribution in [1.29, 1.82) is 0 Å². The number of nitrogens with zero attached hydrogens (tertiary/aromatic N) is 3. The van der Waals surface area contributed by atoms with Crippen molar-refractivity contribution in [3.8, 4) is 0 Å². The number of morpholine rings is 1. The fourth-order valence-corrected chi connectivity index (χ4v) is 3.83. The Morgan fingerprint density at radius 1 is 1.19 bits per heavy atom. The highest BCUT2D eigenvalue weighted by atomic mass is 35.5. The van der Waals surface area contributed by atoms with Crippen molar-refractivity contribution < 1.29 is 22.5 Å². The molecule has 0 atom stereocenters. The maximum atomic E-state index is 12.4. The minimum Gasteiger partial charge on any atom is -0.378 e. The third-order valence-corrected chi connectivity index (χ3v) is 5.80. The third kappa shape index (κ3) is 4.80. The molecule has 3 rings (SSSR count). The summed E-state index contributed by atoms with van der Waals surface area (Å²) < 4.78 is 35.0. The lowest BCUT2D eigenvalue weighted by Gasteiger charge is -2.26. The molecule has 0 bridgehead atoms. The normalized spacial score (nSPS) is 15.2. The Balaban J connectivity index is 1.57. The van der Waals surface area contributed by atoms with Crippen LogP contribution in [0, 0.1) is 0 Å². The van der Waals surface area contributed by atoms with E-state index in [0.29, 0.717) is 31.3 Å².